The fourth-order valence-corrected chi connectivity index (χ4v) is 3.85. The molecule has 2 aromatic carbocycles. The Balaban J connectivity index is 2.36. The average Bonchev–Trinajstić information content (AvgIpc) is 2.73. The molecule has 0 bridgehead atoms. The first kappa shape index (κ1) is 27.3. The van der Waals surface area contributed by atoms with Gasteiger partial charge in [0, 0.05) is 18.8 Å². The molecule has 34 heavy (non-hydrogen) atoms. The summed E-state index contributed by atoms with van der Waals surface area (Å²) in [5.41, 5.74) is 7.75. The van der Waals surface area contributed by atoms with Gasteiger partial charge in [0.1, 0.15) is 6.42 Å². The largest absolute Gasteiger partial charge is 0.416 e. The van der Waals surface area contributed by atoms with Gasteiger partial charge in [-0.05, 0) is 55.7 Å². The third-order valence-corrected chi connectivity index (χ3v) is 5.59. The second-order valence-electron chi connectivity index (χ2n) is 8.44. The van der Waals surface area contributed by atoms with Crippen molar-refractivity contribution in [1.29, 1.82) is 0 Å². The summed E-state index contributed by atoms with van der Waals surface area (Å²) in [6.45, 7) is 6.47. The zero-order valence-corrected chi connectivity index (χ0v) is 19.7. The van der Waals surface area contributed by atoms with Crippen LogP contribution in [0.1, 0.15) is 48.4 Å². The summed E-state index contributed by atoms with van der Waals surface area (Å²) in [4.78, 5) is 25.6. The minimum atomic E-state index is -4.53. The second kappa shape index (κ2) is 12.0. The number of carbonyl (C=O) groups excluding carboxylic acids is 2. The Labute approximate surface area is 197 Å². The minimum absolute atomic E-state index is 0.146. The molecule has 2 aromatic rings. The molecule has 2 atom stereocenters. The van der Waals surface area contributed by atoms with E-state index in [4.69, 9.17) is 5.73 Å². The Bertz CT molecular complexity index is 978. The standard InChI is InChI=1S/C25H32F3N3O3/c1-4-5-22(32)21(15-30-14-18-7-6-16(2)12-17(18)3)31(24(34)13-23(29)33)20-10-8-19(9-11-20)25(26,27)28/h6-12,21-22,30,32H,4-5,13-15H2,1-3H3,(H2,29,33). The number of halogens is 3. The highest BCUT2D eigenvalue weighted by atomic mass is 19.4. The summed E-state index contributed by atoms with van der Waals surface area (Å²) in [7, 11) is 0. The van der Waals surface area contributed by atoms with E-state index in [-0.39, 0.29) is 12.2 Å². The van der Waals surface area contributed by atoms with Crippen LogP contribution in [-0.4, -0.2) is 35.6 Å². The van der Waals surface area contributed by atoms with Crippen LogP contribution < -0.4 is 16.0 Å². The van der Waals surface area contributed by atoms with Crippen LogP contribution >= 0.6 is 0 Å². The normalized spacial score (nSPS) is 13.4. The lowest BCUT2D eigenvalue weighted by molar-refractivity contribution is -0.137. The van der Waals surface area contributed by atoms with Gasteiger partial charge in [-0.2, -0.15) is 13.2 Å². The van der Waals surface area contributed by atoms with Crippen molar-refractivity contribution in [1.82, 2.24) is 5.32 Å². The molecule has 0 aliphatic rings. The monoisotopic (exact) mass is 479 g/mol. The predicted octanol–water partition coefficient (Wildman–Crippen LogP) is 3.85. The van der Waals surface area contributed by atoms with Gasteiger partial charge in [-0.1, -0.05) is 37.1 Å². The number of nitrogens with zero attached hydrogens (tertiary/aromatic N) is 1. The van der Waals surface area contributed by atoms with E-state index in [1.807, 2.05) is 39.0 Å². The first-order chi connectivity index (χ1) is 15.9. The number of alkyl halides is 3. The van der Waals surface area contributed by atoms with Gasteiger partial charge in [-0.15, -0.1) is 0 Å². The molecule has 0 radical (unpaired) electrons. The molecule has 186 valence electrons. The third-order valence-electron chi connectivity index (χ3n) is 5.59. The smallest absolute Gasteiger partial charge is 0.391 e. The van der Waals surface area contributed by atoms with Gasteiger partial charge in [0.25, 0.3) is 0 Å². The number of hydrogen-bond acceptors (Lipinski definition) is 4. The molecule has 2 unspecified atom stereocenters. The lowest BCUT2D eigenvalue weighted by Gasteiger charge is -2.35. The lowest BCUT2D eigenvalue weighted by atomic mass is 10.0. The van der Waals surface area contributed by atoms with E-state index >= 15 is 0 Å². The Hall–Kier alpha value is -2.91. The number of rotatable bonds is 11. The quantitative estimate of drug-likeness (QED) is 0.427. The molecule has 0 heterocycles. The van der Waals surface area contributed by atoms with Crippen LogP contribution in [0.3, 0.4) is 0 Å². The highest BCUT2D eigenvalue weighted by molar-refractivity contribution is 6.05. The Morgan fingerprint density at radius 1 is 1.12 bits per heavy atom. The predicted molar refractivity (Wildman–Crippen MR) is 125 cm³/mol. The highest BCUT2D eigenvalue weighted by Crippen LogP contribution is 2.31. The second-order valence-corrected chi connectivity index (χ2v) is 8.44. The zero-order chi connectivity index (χ0) is 25.5. The van der Waals surface area contributed by atoms with E-state index in [1.54, 1.807) is 0 Å². The maximum atomic E-state index is 13.0. The van der Waals surface area contributed by atoms with E-state index in [0.29, 0.717) is 19.4 Å². The SMILES string of the molecule is CCCC(O)C(CNCc1ccc(C)cc1C)N(C(=O)CC(N)=O)c1ccc(C(F)(F)F)cc1. The van der Waals surface area contributed by atoms with Crippen molar-refractivity contribution >= 4 is 17.5 Å². The highest BCUT2D eigenvalue weighted by Gasteiger charge is 2.33. The molecule has 9 heteroatoms. The maximum absolute atomic E-state index is 13.0. The number of carbonyl (C=O) groups is 2. The van der Waals surface area contributed by atoms with Crippen molar-refractivity contribution in [3.63, 3.8) is 0 Å². The molecule has 0 saturated heterocycles. The van der Waals surface area contributed by atoms with Crippen LogP contribution in [0.4, 0.5) is 18.9 Å². The Morgan fingerprint density at radius 2 is 1.76 bits per heavy atom. The topological polar surface area (TPSA) is 95.7 Å². The van der Waals surface area contributed by atoms with Gasteiger partial charge < -0.3 is 21.1 Å². The van der Waals surface area contributed by atoms with Gasteiger partial charge in [-0.25, -0.2) is 0 Å². The van der Waals surface area contributed by atoms with Crippen molar-refractivity contribution in [3.8, 4) is 0 Å². The van der Waals surface area contributed by atoms with Crippen LogP contribution in [0, 0.1) is 13.8 Å². The number of nitrogens with one attached hydrogen (secondary N) is 1. The number of aliphatic hydroxyl groups is 1. The van der Waals surface area contributed by atoms with Gasteiger partial charge in [0.05, 0.1) is 17.7 Å². The van der Waals surface area contributed by atoms with Crippen LogP contribution in [0.2, 0.25) is 0 Å². The molecule has 2 rings (SSSR count). The van der Waals surface area contributed by atoms with Crippen molar-refractivity contribution in [3.05, 3.63) is 64.7 Å². The summed E-state index contributed by atoms with van der Waals surface area (Å²) >= 11 is 0. The summed E-state index contributed by atoms with van der Waals surface area (Å²) in [5.74, 6) is -1.56. The number of nitrogens with two attached hydrogens (primary N) is 1. The van der Waals surface area contributed by atoms with Crippen LogP contribution in [0.25, 0.3) is 0 Å². The maximum Gasteiger partial charge on any atom is 0.416 e. The number of aliphatic hydroxyl groups excluding tert-OH is 1. The van der Waals surface area contributed by atoms with Gasteiger partial charge >= 0.3 is 6.18 Å². The van der Waals surface area contributed by atoms with Crippen LogP contribution in [0.15, 0.2) is 42.5 Å². The number of primary amides is 1. The average molecular weight is 480 g/mol. The van der Waals surface area contributed by atoms with Crippen molar-refractivity contribution in [2.45, 2.75) is 64.9 Å². The molecular formula is C25H32F3N3O3. The number of aryl methyl sites for hydroxylation is 2. The molecule has 0 aromatic heterocycles. The number of amides is 2. The van der Waals surface area contributed by atoms with Crippen molar-refractivity contribution in [2.75, 3.05) is 11.4 Å². The first-order valence-corrected chi connectivity index (χ1v) is 11.2. The molecule has 0 aliphatic carbocycles. The summed E-state index contributed by atoms with van der Waals surface area (Å²) in [5, 5.41) is 14.1. The first-order valence-electron chi connectivity index (χ1n) is 11.2. The number of anilines is 1. The molecule has 6 nitrogen and oxygen atoms in total. The van der Waals surface area contributed by atoms with Crippen molar-refractivity contribution < 1.29 is 27.9 Å². The lowest BCUT2D eigenvalue weighted by Crippen LogP contribution is -2.53. The molecule has 0 saturated carbocycles. The van der Waals surface area contributed by atoms with Gasteiger partial charge in [-0.3, -0.25) is 9.59 Å². The Morgan fingerprint density at radius 3 is 2.29 bits per heavy atom. The Kier molecular flexibility index (Phi) is 9.64. The fraction of sp³-hybridized carbons (Fsp3) is 0.440. The van der Waals surface area contributed by atoms with Crippen molar-refractivity contribution in [2.24, 2.45) is 5.73 Å². The number of benzene rings is 2. The van der Waals surface area contributed by atoms with E-state index in [9.17, 15) is 27.9 Å². The van der Waals surface area contributed by atoms with E-state index in [0.717, 1.165) is 41.0 Å². The van der Waals surface area contributed by atoms with Gasteiger partial charge in [0.2, 0.25) is 11.8 Å². The minimum Gasteiger partial charge on any atom is -0.391 e. The summed E-state index contributed by atoms with van der Waals surface area (Å²) in [6.07, 6.45) is -5.16. The fourth-order valence-electron chi connectivity index (χ4n) is 3.85. The molecule has 0 spiro atoms. The zero-order valence-electron chi connectivity index (χ0n) is 19.7. The molecule has 0 fully saturated rings. The van der Waals surface area contributed by atoms with E-state index in [2.05, 4.69) is 5.32 Å². The van der Waals surface area contributed by atoms with Crippen LogP contribution in [-0.2, 0) is 22.3 Å². The molecule has 2 amide bonds. The summed E-state index contributed by atoms with van der Waals surface area (Å²) in [6, 6.07) is 9.26. The van der Waals surface area contributed by atoms with E-state index < -0.39 is 42.1 Å². The van der Waals surface area contributed by atoms with E-state index in [1.165, 1.54) is 4.90 Å². The number of hydrogen-bond donors (Lipinski definition) is 3. The third kappa shape index (κ3) is 7.56. The molecule has 0 aliphatic heterocycles. The van der Waals surface area contributed by atoms with Crippen LogP contribution in [0.5, 0.6) is 0 Å². The molecule has 4 N–H and O–H groups in total. The van der Waals surface area contributed by atoms with Gasteiger partial charge in [0.15, 0.2) is 0 Å². The summed E-state index contributed by atoms with van der Waals surface area (Å²) < 4.78 is 39.1. The molecular weight excluding hydrogens is 447 g/mol.